The minimum atomic E-state index is 0.297. The van der Waals surface area contributed by atoms with Gasteiger partial charge in [0, 0.05) is 25.2 Å². The molecular weight excluding hydrogens is 174 g/mol. The van der Waals surface area contributed by atoms with E-state index in [1.807, 2.05) is 0 Å². The number of piperidine rings is 1. The van der Waals surface area contributed by atoms with Crippen molar-refractivity contribution in [3.05, 3.63) is 12.2 Å². The van der Waals surface area contributed by atoms with Crippen LogP contribution in [0, 0.1) is 5.92 Å². The summed E-state index contributed by atoms with van der Waals surface area (Å²) in [7, 11) is 0. The Morgan fingerprint density at radius 2 is 2.36 bits per heavy atom. The van der Waals surface area contributed by atoms with E-state index in [0.717, 1.165) is 19.5 Å². The van der Waals surface area contributed by atoms with Gasteiger partial charge in [-0.3, -0.25) is 0 Å². The molecule has 0 saturated carbocycles. The summed E-state index contributed by atoms with van der Waals surface area (Å²) >= 11 is 0. The molecule has 2 rings (SSSR count). The lowest BCUT2D eigenvalue weighted by Gasteiger charge is -2.25. The SMILES string of the molecule is NC1C=CC(CNC2CCCNC2)C1. The highest BCUT2D eigenvalue weighted by atomic mass is 15.0. The van der Waals surface area contributed by atoms with Gasteiger partial charge in [0.05, 0.1) is 0 Å². The van der Waals surface area contributed by atoms with E-state index in [1.54, 1.807) is 0 Å². The van der Waals surface area contributed by atoms with Crippen molar-refractivity contribution in [3.63, 3.8) is 0 Å². The van der Waals surface area contributed by atoms with Crippen LogP contribution < -0.4 is 16.4 Å². The van der Waals surface area contributed by atoms with Crippen LogP contribution in [0.25, 0.3) is 0 Å². The Kier molecular flexibility index (Phi) is 3.56. The summed E-state index contributed by atoms with van der Waals surface area (Å²) in [6.07, 6.45) is 8.12. The number of nitrogens with two attached hydrogens (primary N) is 1. The Balaban J connectivity index is 1.64. The topological polar surface area (TPSA) is 50.1 Å². The van der Waals surface area contributed by atoms with E-state index in [1.165, 1.54) is 19.4 Å². The van der Waals surface area contributed by atoms with Gasteiger partial charge >= 0.3 is 0 Å². The summed E-state index contributed by atoms with van der Waals surface area (Å²) in [5.41, 5.74) is 5.81. The third-order valence-electron chi connectivity index (χ3n) is 3.17. The van der Waals surface area contributed by atoms with E-state index in [9.17, 15) is 0 Å². The Hall–Kier alpha value is -0.380. The van der Waals surface area contributed by atoms with E-state index in [0.29, 0.717) is 18.0 Å². The molecule has 0 spiro atoms. The molecule has 1 aliphatic carbocycles. The second kappa shape index (κ2) is 4.91. The van der Waals surface area contributed by atoms with Crippen LogP contribution in [0.3, 0.4) is 0 Å². The smallest absolute Gasteiger partial charge is 0.0229 e. The van der Waals surface area contributed by atoms with Crippen molar-refractivity contribution in [2.75, 3.05) is 19.6 Å². The summed E-state index contributed by atoms with van der Waals surface area (Å²) in [6.45, 7) is 3.41. The molecular formula is C11H21N3. The molecule has 0 bridgehead atoms. The lowest BCUT2D eigenvalue weighted by Crippen LogP contribution is -2.44. The van der Waals surface area contributed by atoms with E-state index < -0.39 is 0 Å². The fraction of sp³-hybridized carbons (Fsp3) is 0.818. The number of hydrogen-bond donors (Lipinski definition) is 3. The highest BCUT2D eigenvalue weighted by Crippen LogP contribution is 2.15. The maximum Gasteiger partial charge on any atom is 0.0229 e. The molecule has 0 radical (unpaired) electrons. The maximum atomic E-state index is 5.81. The number of rotatable bonds is 3. The van der Waals surface area contributed by atoms with Gasteiger partial charge in [0.2, 0.25) is 0 Å². The summed E-state index contributed by atoms with van der Waals surface area (Å²) in [4.78, 5) is 0. The van der Waals surface area contributed by atoms with Gasteiger partial charge < -0.3 is 16.4 Å². The summed E-state index contributed by atoms with van der Waals surface area (Å²) < 4.78 is 0. The standard InChI is InChI=1S/C11H21N3/c12-10-4-3-9(6-10)7-14-11-2-1-5-13-8-11/h3-4,9-11,13-14H,1-2,5-8,12H2. The molecule has 0 aromatic heterocycles. The van der Waals surface area contributed by atoms with Gasteiger partial charge in [-0.05, 0) is 31.7 Å². The maximum absolute atomic E-state index is 5.81. The first-order valence-corrected chi connectivity index (χ1v) is 5.72. The minimum Gasteiger partial charge on any atom is -0.324 e. The molecule has 80 valence electrons. The third kappa shape index (κ3) is 2.80. The average molecular weight is 195 g/mol. The molecule has 0 amide bonds. The lowest BCUT2D eigenvalue weighted by molar-refractivity contribution is 0.372. The minimum absolute atomic E-state index is 0.297. The predicted molar refractivity (Wildman–Crippen MR) is 59.1 cm³/mol. The molecule has 2 aliphatic rings. The van der Waals surface area contributed by atoms with Gasteiger partial charge in [-0.15, -0.1) is 0 Å². The average Bonchev–Trinajstić information content (AvgIpc) is 2.63. The molecule has 14 heavy (non-hydrogen) atoms. The monoisotopic (exact) mass is 195 g/mol. The molecule has 1 aliphatic heterocycles. The van der Waals surface area contributed by atoms with Crippen molar-refractivity contribution < 1.29 is 0 Å². The molecule has 3 atom stereocenters. The summed E-state index contributed by atoms with van der Waals surface area (Å²) in [5, 5.41) is 7.03. The van der Waals surface area contributed by atoms with E-state index in [2.05, 4.69) is 22.8 Å². The molecule has 0 aromatic carbocycles. The second-order valence-electron chi connectivity index (χ2n) is 4.50. The van der Waals surface area contributed by atoms with Crippen LogP contribution in [0.1, 0.15) is 19.3 Å². The Bertz CT molecular complexity index is 197. The fourth-order valence-electron chi connectivity index (χ4n) is 2.30. The molecule has 3 heteroatoms. The van der Waals surface area contributed by atoms with Gasteiger partial charge in [0.15, 0.2) is 0 Å². The van der Waals surface area contributed by atoms with Gasteiger partial charge in [-0.25, -0.2) is 0 Å². The number of hydrogen-bond acceptors (Lipinski definition) is 3. The summed E-state index contributed by atoms with van der Waals surface area (Å²) in [6, 6.07) is 0.972. The first-order valence-electron chi connectivity index (χ1n) is 5.72. The van der Waals surface area contributed by atoms with Crippen LogP contribution in [0.4, 0.5) is 0 Å². The van der Waals surface area contributed by atoms with Gasteiger partial charge in [-0.2, -0.15) is 0 Å². The zero-order valence-electron chi connectivity index (χ0n) is 8.71. The molecule has 4 N–H and O–H groups in total. The first-order chi connectivity index (χ1) is 6.84. The van der Waals surface area contributed by atoms with Crippen molar-refractivity contribution in [1.29, 1.82) is 0 Å². The molecule has 1 heterocycles. The van der Waals surface area contributed by atoms with Gasteiger partial charge in [-0.1, -0.05) is 12.2 Å². The van der Waals surface area contributed by atoms with Crippen LogP contribution in [0.5, 0.6) is 0 Å². The van der Waals surface area contributed by atoms with Crippen LogP contribution >= 0.6 is 0 Å². The Morgan fingerprint density at radius 1 is 1.43 bits per heavy atom. The molecule has 1 saturated heterocycles. The molecule has 0 aromatic rings. The van der Waals surface area contributed by atoms with Crippen molar-refractivity contribution in [2.45, 2.75) is 31.3 Å². The Morgan fingerprint density at radius 3 is 3.00 bits per heavy atom. The van der Waals surface area contributed by atoms with E-state index in [-0.39, 0.29) is 0 Å². The zero-order chi connectivity index (χ0) is 9.80. The predicted octanol–water partition coefficient (Wildman–Crippen LogP) is 0.231. The van der Waals surface area contributed by atoms with Gasteiger partial charge in [0.25, 0.3) is 0 Å². The highest BCUT2D eigenvalue weighted by molar-refractivity contribution is 5.05. The molecule has 3 unspecified atom stereocenters. The highest BCUT2D eigenvalue weighted by Gasteiger charge is 2.18. The molecule has 1 fully saturated rings. The molecule has 3 nitrogen and oxygen atoms in total. The normalized spacial score (nSPS) is 37.6. The Labute approximate surface area is 86.1 Å². The fourth-order valence-corrected chi connectivity index (χ4v) is 2.30. The lowest BCUT2D eigenvalue weighted by atomic mass is 10.0. The van der Waals surface area contributed by atoms with Crippen LogP contribution in [0.15, 0.2) is 12.2 Å². The van der Waals surface area contributed by atoms with E-state index in [4.69, 9.17) is 5.73 Å². The number of nitrogens with one attached hydrogen (secondary N) is 2. The van der Waals surface area contributed by atoms with Crippen molar-refractivity contribution in [1.82, 2.24) is 10.6 Å². The van der Waals surface area contributed by atoms with Crippen molar-refractivity contribution in [2.24, 2.45) is 11.7 Å². The quantitative estimate of drug-likeness (QED) is 0.565. The van der Waals surface area contributed by atoms with Crippen LogP contribution in [-0.2, 0) is 0 Å². The van der Waals surface area contributed by atoms with Crippen molar-refractivity contribution in [3.8, 4) is 0 Å². The van der Waals surface area contributed by atoms with Gasteiger partial charge in [0.1, 0.15) is 0 Å². The zero-order valence-corrected chi connectivity index (χ0v) is 8.71. The van der Waals surface area contributed by atoms with Crippen LogP contribution in [0.2, 0.25) is 0 Å². The van der Waals surface area contributed by atoms with Crippen LogP contribution in [-0.4, -0.2) is 31.7 Å². The second-order valence-corrected chi connectivity index (χ2v) is 4.50. The largest absolute Gasteiger partial charge is 0.324 e. The van der Waals surface area contributed by atoms with Crippen molar-refractivity contribution >= 4 is 0 Å². The van der Waals surface area contributed by atoms with E-state index >= 15 is 0 Å². The summed E-state index contributed by atoms with van der Waals surface area (Å²) in [5.74, 6) is 0.659. The first kappa shape index (κ1) is 10.1. The third-order valence-corrected chi connectivity index (χ3v) is 3.17.